The fraction of sp³-hybridized carbons (Fsp3) is 0.481. The third-order valence-electron chi connectivity index (χ3n) is 13.0. The van der Waals surface area contributed by atoms with Gasteiger partial charge in [-0.2, -0.15) is 0 Å². The van der Waals surface area contributed by atoms with Gasteiger partial charge in [-0.1, -0.05) is 67.1 Å². The van der Waals surface area contributed by atoms with E-state index in [-0.39, 0.29) is 45.1 Å². The number of likely N-dealkylation sites (tertiary alicyclic amines) is 1. The van der Waals surface area contributed by atoms with Crippen LogP contribution >= 0.6 is 0 Å². The largest absolute Gasteiger partial charge is 0.480 e. The predicted molar refractivity (Wildman–Crippen MR) is 283 cm³/mol. The van der Waals surface area contributed by atoms with E-state index in [4.69, 9.17) is 17.2 Å². The molecule has 8 atom stereocenters. The summed E-state index contributed by atoms with van der Waals surface area (Å²) in [5.41, 5.74) is 19.9. The minimum Gasteiger partial charge on any atom is -0.480 e. The van der Waals surface area contributed by atoms with Gasteiger partial charge in [-0.3, -0.25) is 38.4 Å². The quantitative estimate of drug-likeness (QED) is 0.0213. The minimum atomic E-state index is -1.65. The molecule has 3 heterocycles. The molecule has 0 saturated carbocycles. The first-order valence-electron chi connectivity index (χ1n) is 26.0. The normalized spacial score (nSPS) is 15.7. The molecule has 17 N–H and O–H groups in total. The molecule has 1 aliphatic rings. The second-order valence-electron chi connectivity index (χ2n) is 19.0. The zero-order valence-corrected chi connectivity index (χ0v) is 43.4. The van der Waals surface area contributed by atoms with Crippen molar-refractivity contribution in [2.45, 2.75) is 125 Å². The molecular weight excluding hydrogens is 1010 g/mol. The molecule has 4 aromatic rings. The lowest BCUT2D eigenvalue weighted by atomic mass is 10.0. The Hall–Kier alpha value is -8.07. The first-order chi connectivity index (χ1) is 37.6. The van der Waals surface area contributed by atoms with Crippen LogP contribution in [0.5, 0.6) is 0 Å². The summed E-state index contributed by atoms with van der Waals surface area (Å²) < 4.78 is 0. The fourth-order valence-corrected chi connectivity index (χ4v) is 8.75. The Morgan fingerprint density at radius 1 is 0.603 bits per heavy atom. The molecule has 0 spiro atoms. The van der Waals surface area contributed by atoms with Crippen molar-refractivity contribution in [1.82, 2.24) is 62.1 Å². The number of nitrogens with two attached hydrogens (primary N) is 3. The predicted octanol–water partition coefficient (Wildman–Crippen LogP) is -2.92. The van der Waals surface area contributed by atoms with Crippen molar-refractivity contribution in [3.05, 3.63) is 108 Å². The number of carboxylic acids is 1. The Morgan fingerprint density at radius 2 is 1.09 bits per heavy atom. The highest BCUT2D eigenvalue weighted by atomic mass is 16.4. The zero-order chi connectivity index (χ0) is 56.4. The summed E-state index contributed by atoms with van der Waals surface area (Å²) >= 11 is 0. The van der Waals surface area contributed by atoms with Crippen LogP contribution in [0.15, 0.2) is 85.7 Å². The van der Waals surface area contributed by atoms with Crippen LogP contribution in [0.3, 0.4) is 0 Å². The number of rotatable bonds is 33. The minimum absolute atomic E-state index is 0.0108. The van der Waals surface area contributed by atoms with Crippen molar-refractivity contribution in [2.75, 3.05) is 32.8 Å². The van der Waals surface area contributed by atoms with Gasteiger partial charge in [0.25, 0.3) is 0 Å². The first kappa shape index (κ1) is 60.8. The number of hydrogen-bond acceptors (Lipinski definition) is 15. The van der Waals surface area contributed by atoms with E-state index in [0.29, 0.717) is 74.1 Å². The molecule has 2 aromatic carbocycles. The van der Waals surface area contributed by atoms with Gasteiger partial charge >= 0.3 is 5.97 Å². The highest BCUT2D eigenvalue weighted by Crippen LogP contribution is 2.21. The highest BCUT2D eigenvalue weighted by molar-refractivity contribution is 5.98. The summed E-state index contributed by atoms with van der Waals surface area (Å²) in [6.45, 7) is -0.749. The van der Waals surface area contributed by atoms with Crippen molar-refractivity contribution < 1.29 is 53.4 Å². The number of nitrogens with zero attached hydrogens (tertiary/aromatic N) is 3. The van der Waals surface area contributed by atoms with E-state index in [1.807, 2.05) is 0 Å². The Kier molecular flexibility index (Phi) is 24.8. The average Bonchev–Trinajstić information content (AvgIpc) is 4.26. The van der Waals surface area contributed by atoms with Gasteiger partial charge in [-0.05, 0) is 69.2 Å². The standard InChI is InChI=1S/C52H73N15O11/c53-19-9-7-16-36(55)45(70)63-41(25-35-27-57-31-60-35)49(74)64-39(23-33-14-5-2-6-15-33)48(73)62-37(17-8-10-20-54)51(76)67-21-11-18-43(67)50(75)65-40(24-34-26-56-30-59-34)46(71)58-28-44(69)61-38(22-32-12-3-1-4-13-32)47(72)66-42(29-68)52(77)78/h1-6,12-15,26-27,30-31,36-43,68H,7-11,16-25,28-29,53-55H2,(H,56,59)(H,57,60)(H,58,71)(H,61,69)(H,62,73)(H,63,70)(H,64,74)(H,65,75)(H,66,72)(H,77,78)/t36-,37-,38-,39-,40-,41-,42-,43-/m0/s1. The molecule has 26 heteroatoms. The topological polar surface area (TPSA) is 417 Å². The monoisotopic (exact) mass is 1080 g/mol. The van der Waals surface area contributed by atoms with Crippen molar-refractivity contribution in [3.8, 4) is 0 Å². The maximum atomic E-state index is 14.7. The van der Waals surface area contributed by atoms with Crippen molar-refractivity contribution in [1.29, 1.82) is 0 Å². The van der Waals surface area contributed by atoms with Gasteiger partial charge in [0.1, 0.15) is 42.3 Å². The third-order valence-corrected chi connectivity index (χ3v) is 13.0. The molecule has 2 aromatic heterocycles. The van der Waals surface area contributed by atoms with Crippen LogP contribution in [0.4, 0.5) is 0 Å². The molecule has 8 amide bonds. The third kappa shape index (κ3) is 19.5. The van der Waals surface area contributed by atoms with Crippen molar-refractivity contribution >= 4 is 53.2 Å². The van der Waals surface area contributed by atoms with E-state index in [1.54, 1.807) is 60.7 Å². The second kappa shape index (κ2) is 31.9. The number of aliphatic hydroxyl groups is 1. The number of amides is 8. The summed E-state index contributed by atoms with van der Waals surface area (Å²) in [7, 11) is 0. The Bertz CT molecular complexity index is 2560. The number of nitrogens with one attached hydrogen (secondary N) is 9. The lowest BCUT2D eigenvalue weighted by Crippen LogP contribution is -2.60. The van der Waals surface area contributed by atoms with Gasteiger partial charge in [-0.15, -0.1) is 0 Å². The molecule has 0 radical (unpaired) electrons. The Labute approximate surface area is 451 Å². The highest BCUT2D eigenvalue weighted by Gasteiger charge is 2.40. The number of carbonyl (C=O) groups is 9. The van der Waals surface area contributed by atoms with Gasteiger partial charge in [0.15, 0.2) is 0 Å². The van der Waals surface area contributed by atoms with Gasteiger partial charge in [0, 0.05) is 56.0 Å². The number of hydrogen-bond donors (Lipinski definition) is 14. The van der Waals surface area contributed by atoms with E-state index in [0.717, 1.165) is 0 Å². The van der Waals surface area contributed by atoms with E-state index in [9.17, 15) is 53.4 Å². The maximum Gasteiger partial charge on any atom is 0.328 e. The molecular formula is C52H73N15O11. The second-order valence-corrected chi connectivity index (χ2v) is 19.0. The molecule has 1 fully saturated rings. The number of imidazole rings is 2. The Morgan fingerprint density at radius 3 is 1.60 bits per heavy atom. The van der Waals surface area contributed by atoms with Crippen LogP contribution in [0.2, 0.25) is 0 Å². The average molecular weight is 1080 g/mol. The van der Waals surface area contributed by atoms with Crippen LogP contribution in [0.1, 0.15) is 73.9 Å². The molecule has 0 bridgehead atoms. The SMILES string of the molecule is NCCCC[C@H](NC(=O)[C@H](Cc1ccccc1)NC(=O)[C@H](Cc1cnc[nH]1)NC(=O)[C@@H](N)CCCCN)C(=O)N1CCC[C@H]1C(=O)N[C@@H](Cc1cnc[nH]1)C(=O)NCC(=O)N[C@@H](Cc1ccccc1)C(=O)N[C@@H](CO)C(=O)O. The number of aliphatic hydroxyl groups excluding tert-OH is 1. The molecule has 26 nitrogen and oxygen atoms in total. The number of carboxylic acid groups (broad SMARTS) is 1. The van der Waals surface area contributed by atoms with Gasteiger partial charge in [0.05, 0.1) is 31.8 Å². The zero-order valence-electron chi connectivity index (χ0n) is 43.4. The van der Waals surface area contributed by atoms with Gasteiger partial charge in [0.2, 0.25) is 47.3 Å². The number of aliphatic carboxylic acids is 1. The van der Waals surface area contributed by atoms with Crippen LogP contribution in [-0.4, -0.2) is 169 Å². The summed E-state index contributed by atoms with van der Waals surface area (Å²) in [5, 5.41) is 37.2. The number of aromatic amines is 2. The van der Waals surface area contributed by atoms with Crippen LogP contribution < -0.4 is 54.4 Å². The molecule has 1 saturated heterocycles. The first-order valence-corrected chi connectivity index (χ1v) is 26.0. The summed E-state index contributed by atoms with van der Waals surface area (Å²) in [6, 6.07) is 7.40. The summed E-state index contributed by atoms with van der Waals surface area (Å²) in [4.78, 5) is 138. The van der Waals surface area contributed by atoms with E-state index >= 15 is 0 Å². The van der Waals surface area contributed by atoms with Crippen molar-refractivity contribution in [2.24, 2.45) is 17.2 Å². The number of benzene rings is 2. The Balaban J connectivity index is 1.31. The molecule has 0 aliphatic carbocycles. The number of carbonyl (C=O) groups excluding carboxylic acids is 8. The van der Waals surface area contributed by atoms with E-state index in [2.05, 4.69) is 57.2 Å². The van der Waals surface area contributed by atoms with E-state index in [1.165, 1.54) is 29.9 Å². The van der Waals surface area contributed by atoms with Gasteiger partial charge in [-0.25, -0.2) is 14.8 Å². The van der Waals surface area contributed by atoms with E-state index < -0.39 is 115 Å². The lowest BCUT2D eigenvalue weighted by molar-refractivity contribution is -0.143. The molecule has 422 valence electrons. The molecule has 0 unspecified atom stereocenters. The smallest absolute Gasteiger partial charge is 0.328 e. The maximum absolute atomic E-state index is 14.7. The number of H-pyrrole nitrogens is 2. The van der Waals surface area contributed by atoms with Crippen molar-refractivity contribution in [3.63, 3.8) is 0 Å². The molecule has 5 rings (SSSR count). The van der Waals surface area contributed by atoms with Crippen LogP contribution in [-0.2, 0) is 68.8 Å². The summed E-state index contributed by atoms with van der Waals surface area (Å²) in [6.07, 6.45) is 8.68. The lowest BCUT2D eigenvalue weighted by Gasteiger charge is -2.31. The molecule has 1 aliphatic heterocycles. The summed E-state index contributed by atoms with van der Waals surface area (Å²) in [5.74, 6) is -7.33. The van der Waals surface area contributed by atoms with Crippen LogP contribution in [0, 0.1) is 0 Å². The number of unbranched alkanes of at least 4 members (excludes halogenated alkanes) is 2. The molecule has 78 heavy (non-hydrogen) atoms. The van der Waals surface area contributed by atoms with Gasteiger partial charge < -0.3 is 79.5 Å². The number of aromatic nitrogens is 4. The van der Waals surface area contributed by atoms with Crippen LogP contribution in [0.25, 0.3) is 0 Å². The fourth-order valence-electron chi connectivity index (χ4n) is 8.75.